The van der Waals surface area contributed by atoms with Gasteiger partial charge in [0.1, 0.15) is 11.6 Å². The molecule has 1 unspecified atom stereocenters. The highest BCUT2D eigenvalue weighted by molar-refractivity contribution is 6.32. The molecule has 0 aromatic heterocycles. The molecule has 0 heterocycles. The molecule has 0 amide bonds. The van der Waals surface area contributed by atoms with E-state index >= 15 is 0 Å². The minimum atomic E-state index is -0.232. The van der Waals surface area contributed by atoms with E-state index in [1.807, 2.05) is 19.1 Å². The number of nitrogens with one attached hydrogen (secondary N) is 1. The minimum Gasteiger partial charge on any atom is -0.495 e. The van der Waals surface area contributed by atoms with Crippen molar-refractivity contribution in [3.05, 3.63) is 58.9 Å². The van der Waals surface area contributed by atoms with Crippen molar-refractivity contribution in [3.63, 3.8) is 0 Å². The fourth-order valence-electron chi connectivity index (χ4n) is 1.83. The van der Waals surface area contributed by atoms with Gasteiger partial charge in [-0.1, -0.05) is 23.7 Å². The van der Waals surface area contributed by atoms with Gasteiger partial charge in [0.05, 0.1) is 12.1 Å². The molecule has 0 radical (unpaired) electrons. The maximum atomic E-state index is 12.9. The Bertz CT molecular complexity index is 557. The number of anilines is 1. The van der Waals surface area contributed by atoms with Gasteiger partial charge in [-0.25, -0.2) is 4.39 Å². The highest BCUT2D eigenvalue weighted by Crippen LogP contribution is 2.29. The van der Waals surface area contributed by atoms with Crippen LogP contribution in [0.4, 0.5) is 10.1 Å². The molecule has 2 aromatic rings. The van der Waals surface area contributed by atoms with Crippen molar-refractivity contribution in [1.29, 1.82) is 0 Å². The van der Waals surface area contributed by atoms with E-state index in [9.17, 15) is 4.39 Å². The summed E-state index contributed by atoms with van der Waals surface area (Å²) in [6, 6.07) is 12.0. The molecule has 1 atom stereocenters. The third kappa shape index (κ3) is 3.38. The second-order valence-corrected chi connectivity index (χ2v) is 4.67. The Morgan fingerprint density at radius 3 is 2.47 bits per heavy atom. The minimum absolute atomic E-state index is 0.0616. The van der Waals surface area contributed by atoms with E-state index < -0.39 is 0 Å². The van der Waals surface area contributed by atoms with Crippen LogP contribution >= 0.6 is 11.6 Å². The Labute approximate surface area is 117 Å². The van der Waals surface area contributed by atoms with Crippen molar-refractivity contribution in [2.24, 2.45) is 0 Å². The van der Waals surface area contributed by atoms with Crippen LogP contribution in [0.25, 0.3) is 0 Å². The van der Waals surface area contributed by atoms with E-state index in [0.717, 1.165) is 11.3 Å². The normalized spacial score (nSPS) is 12.0. The Morgan fingerprint density at radius 1 is 1.16 bits per heavy atom. The first kappa shape index (κ1) is 13.7. The van der Waals surface area contributed by atoms with Crippen molar-refractivity contribution in [3.8, 4) is 5.75 Å². The van der Waals surface area contributed by atoms with Gasteiger partial charge in [0, 0.05) is 17.8 Å². The highest BCUT2D eigenvalue weighted by atomic mass is 35.5. The van der Waals surface area contributed by atoms with Gasteiger partial charge >= 0.3 is 0 Å². The Kier molecular flexibility index (Phi) is 4.27. The molecule has 2 aromatic carbocycles. The summed E-state index contributed by atoms with van der Waals surface area (Å²) in [5.41, 5.74) is 1.91. The Hall–Kier alpha value is -1.74. The topological polar surface area (TPSA) is 21.3 Å². The Balaban J connectivity index is 2.14. The molecule has 2 nitrogen and oxygen atoms in total. The second kappa shape index (κ2) is 5.93. The van der Waals surface area contributed by atoms with E-state index in [-0.39, 0.29) is 11.9 Å². The van der Waals surface area contributed by atoms with Gasteiger partial charge in [-0.3, -0.25) is 0 Å². The van der Waals surface area contributed by atoms with Crippen molar-refractivity contribution in [2.75, 3.05) is 12.4 Å². The molecule has 4 heteroatoms. The summed E-state index contributed by atoms with van der Waals surface area (Å²) < 4.78 is 18.0. The standard InChI is InChI=1S/C15H15ClFNO/c1-10(11-3-5-12(17)6-4-11)18-13-7-8-14(16)15(9-13)19-2/h3-10,18H,1-2H3. The molecule has 19 heavy (non-hydrogen) atoms. The second-order valence-electron chi connectivity index (χ2n) is 4.27. The van der Waals surface area contributed by atoms with Crippen LogP contribution in [-0.4, -0.2) is 7.11 Å². The summed E-state index contributed by atoms with van der Waals surface area (Å²) in [4.78, 5) is 0. The van der Waals surface area contributed by atoms with Crippen molar-refractivity contribution in [1.82, 2.24) is 0 Å². The smallest absolute Gasteiger partial charge is 0.139 e. The van der Waals surface area contributed by atoms with Crippen LogP contribution in [0.3, 0.4) is 0 Å². The first-order valence-electron chi connectivity index (χ1n) is 5.95. The molecule has 2 rings (SSSR count). The summed E-state index contributed by atoms with van der Waals surface area (Å²) in [5.74, 6) is 0.391. The highest BCUT2D eigenvalue weighted by Gasteiger charge is 2.07. The summed E-state index contributed by atoms with van der Waals surface area (Å²) >= 11 is 5.97. The number of ether oxygens (including phenoxy) is 1. The molecule has 0 saturated heterocycles. The van der Waals surface area contributed by atoms with Crippen LogP contribution in [0.1, 0.15) is 18.5 Å². The number of benzene rings is 2. The molecule has 0 bridgehead atoms. The van der Waals surface area contributed by atoms with Gasteiger partial charge in [0.25, 0.3) is 0 Å². The van der Waals surface area contributed by atoms with E-state index in [2.05, 4.69) is 5.32 Å². The van der Waals surface area contributed by atoms with Gasteiger partial charge < -0.3 is 10.1 Å². The lowest BCUT2D eigenvalue weighted by Crippen LogP contribution is -2.06. The first-order chi connectivity index (χ1) is 9.10. The van der Waals surface area contributed by atoms with Crippen LogP contribution in [-0.2, 0) is 0 Å². The van der Waals surface area contributed by atoms with Gasteiger partial charge in [0.2, 0.25) is 0 Å². The Morgan fingerprint density at radius 2 is 1.84 bits per heavy atom. The monoisotopic (exact) mass is 279 g/mol. The maximum absolute atomic E-state index is 12.9. The van der Waals surface area contributed by atoms with Crippen molar-refractivity contribution in [2.45, 2.75) is 13.0 Å². The number of hydrogen-bond donors (Lipinski definition) is 1. The van der Waals surface area contributed by atoms with Crippen molar-refractivity contribution >= 4 is 17.3 Å². The number of rotatable bonds is 4. The molecule has 0 saturated carbocycles. The zero-order chi connectivity index (χ0) is 13.8. The van der Waals surface area contributed by atoms with Gasteiger partial charge in [-0.15, -0.1) is 0 Å². The molecule has 100 valence electrons. The van der Waals surface area contributed by atoms with E-state index in [0.29, 0.717) is 10.8 Å². The predicted octanol–water partition coefficient (Wildman–Crippen LogP) is 4.66. The molecule has 0 aliphatic carbocycles. The lowest BCUT2D eigenvalue weighted by Gasteiger charge is -2.16. The summed E-state index contributed by atoms with van der Waals surface area (Å²) in [6.45, 7) is 2.01. The van der Waals surface area contributed by atoms with Crippen LogP contribution < -0.4 is 10.1 Å². The average molecular weight is 280 g/mol. The fraction of sp³-hybridized carbons (Fsp3) is 0.200. The van der Waals surface area contributed by atoms with E-state index in [1.54, 1.807) is 25.3 Å². The molecular weight excluding hydrogens is 265 g/mol. The fourth-order valence-corrected chi connectivity index (χ4v) is 2.03. The third-order valence-corrected chi connectivity index (χ3v) is 3.22. The number of halogens is 2. The molecule has 0 fully saturated rings. The summed E-state index contributed by atoms with van der Waals surface area (Å²) in [6.07, 6.45) is 0. The first-order valence-corrected chi connectivity index (χ1v) is 6.33. The average Bonchev–Trinajstić information content (AvgIpc) is 2.41. The van der Waals surface area contributed by atoms with Crippen LogP contribution in [0, 0.1) is 5.82 Å². The van der Waals surface area contributed by atoms with Gasteiger partial charge in [0.15, 0.2) is 0 Å². The largest absolute Gasteiger partial charge is 0.495 e. The molecule has 0 aliphatic heterocycles. The molecule has 1 N–H and O–H groups in total. The number of hydrogen-bond acceptors (Lipinski definition) is 2. The molecule has 0 spiro atoms. The van der Waals surface area contributed by atoms with Gasteiger partial charge in [-0.2, -0.15) is 0 Å². The zero-order valence-electron chi connectivity index (χ0n) is 10.8. The SMILES string of the molecule is COc1cc(NC(C)c2ccc(F)cc2)ccc1Cl. The van der Waals surface area contributed by atoms with Crippen LogP contribution in [0.5, 0.6) is 5.75 Å². The predicted molar refractivity (Wildman–Crippen MR) is 76.4 cm³/mol. The third-order valence-electron chi connectivity index (χ3n) is 2.90. The van der Waals surface area contributed by atoms with Crippen LogP contribution in [0.2, 0.25) is 5.02 Å². The zero-order valence-corrected chi connectivity index (χ0v) is 11.5. The summed E-state index contributed by atoms with van der Waals surface area (Å²) in [5, 5.41) is 3.89. The van der Waals surface area contributed by atoms with E-state index in [4.69, 9.17) is 16.3 Å². The summed E-state index contributed by atoms with van der Waals surface area (Å²) in [7, 11) is 1.58. The molecule has 0 aliphatic rings. The van der Waals surface area contributed by atoms with Gasteiger partial charge in [-0.05, 0) is 36.8 Å². The van der Waals surface area contributed by atoms with Crippen molar-refractivity contribution < 1.29 is 9.13 Å². The number of methoxy groups -OCH3 is 1. The quantitative estimate of drug-likeness (QED) is 0.879. The lowest BCUT2D eigenvalue weighted by atomic mass is 10.1. The van der Waals surface area contributed by atoms with E-state index in [1.165, 1.54) is 12.1 Å². The molecular formula is C15H15ClFNO. The lowest BCUT2D eigenvalue weighted by molar-refractivity contribution is 0.415. The van der Waals surface area contributed by atoms with Crippen LogP contribution in [0.15, 0.2) is 42.5 Å². The maximum Gasteiger partial charge on any atom is 0.139 e.